The van der Waals surface area contributed by atoms with Crippen LogP contribution in [0, 0.1) is 5.92 Å². The fourth-order valence-electron chi connectivity index (χ4n) is 5.27. The molecule has 0 aromatic heterocycles. The molecule has 0 radical (unpaired) electrons. The molecule has 2 aliphatic carbocycles. The molecule has 116 valence electrons. The molecule has 4 atom stereocenters. The van der Waals surface area contributed by atoms with Crippen LogP contribution in [0.4, 0.5) is 0 Å². The molecule has 0 aromatic carbocycles. The highest BCUT2D eigenvalue weighted by Crippen LogP contribution is 2.43. The number of likely N-dealkylation sites (tertiary alicyclic amines) is 1. The van der Waals surface area contributed by atoms with Crippen LogP contribution in [-0.2, 0) is 4.74 Å². The van der Waals surface area contributed by atoms with Gasteiger partial charge in [0.25, 0.3) is 0 Å². The van der Waals surface area contributed by atoms with Crippen LogP contribution >= 0.6 is 0 Å². The summed E-state index contributed by atoms with van der Waals surface area (Å²) in [6, 6.07) is 0.816. The van der Waals surface area contributed by atoms with Crippen LogP contribution in [0.1, 0.15) is 64.2 Å². The van der Waals surface area contributed by atoms with Gasteiger partial charge < -0.3 is 10.5 Å². The van der Waals surface area contributed by atoms with E-state index in [-0.39, 0.29) is 5.54 Å². The van der Waals surface area contributed by atoms with Crippen LogP contribution in [0.2, 0.25) is 0 Å². The summed E-state index contributed by atoms with van der Waals surface area (Å²) < 4.78 is 5.69. The average molecular weight is 280 g/mol. The number of hydrogen-bond donors (Lipinski definition) is 1. The second-order valence-electron chi connectivity index (χ2n) is 7.33. The summed E-state index contributed by atoms with van der Waals surface area (Å²) >= 11 is 0. The number of piperidine rings is 1. The van der Waals surface area contributed by atoms with Gasteiger partial charge in [0, 0.05) is 25.2 Å². The van der Waals surface area contributed by atoms with Crippen molar-refractivity contribution in [2.24, 2.45) is 11.7 Å². The van der Waals surface area contributed by atoms with Gasteiger partial charge >= 0.3 is 0 Å². The summed E-state index contributed by atoms with van der Waals surface area (Å²) in [5, 5.41) is 0. The highest BCUT2D eigenvalue weighted by Gasteiger charge is 2.46. The molecule has 3 nitrogen and oxygen atoms in total. The first-order chi connectivity index (χ1) is 9.79. The Morgan fingerprint density at radius 3 is 2.70 bits per heavy atom. The van der Waals surface area contributed by atoms with E-state index in [1.807, 2.05) is 7.11 Å². The van der Waals surface area contributed by atoms with Gasteiger partial charge in [0.05, 0.1) is 6.10 Å². The van der Waals surface area contributed by atoms with Crippen LogP contribution < -0.4 is 5.73 Å². The number of hydrogen-bond acceptors (Lipinski definition) is 3. The topological polar surface area (TPSA) is 38.5 Å². The van der Waals surface area contributed by atoms with Crippen molar-refractivity contribution in [1.82, 2.24) is 4.90 Å². The van der Waals surface area contributed by atoms with E-state index >= 15 is 0 Å². The van der Waals surface area contributed by atoms with Gasteiger partial charge in [0.2, 0.25) is 0 Å². The molecule has 2 saturated carbocycles. The lowest BCUT2D eigenvalue weighted by Gasteiger charge is -2.56. The molecule has 3 fully saturated rings. The summed E-state index contributed by atoms with van der Waals surface area (Å²) in [6.07, 6.45) is 13.9. The summed E-state index contributed by atoms with van der Waals surface area (Å²) in [5.41, 5.74) is 6.55. The van der Waals surface area contributed by atoms with Crippen LogP contribution in [0.3, 0.4) is 0 Å². The van der Waals surface area contributed by atoms with Crippen molar-refractivity contribution >= 4 is 0 Å². The first-order valence-electron chi connectivity index (χ1n) is 8.79. The van der Waals surface area contributed by atoms with Crippen LogP contribution in [0.15, 0.2) is 0 Å². The number of fused-ring (bicyclic) bond motifs is 1. The molecule has 3 aliphatic rings. The molecule has 0 bridgehead atoms. The van der Waals surface area contributed by atoms with Crippen LogP contribution in [0.5, 0.6) is 0 Å². The molecule has 0 spiro atoms. The first-order valence-corrected chi connectivity index (χ1v) is 8.79. The van der Waals surface area contributed by atoms with Crippen molar-refractivity contribution in [3.05, 3.63) is 0 Å². The van der Waals surface area contributed by atoms with Gasteiger partial charge in [0.15, 0.2) is 0 Å². The van der Waals surface area contributed by atoms with E-state index in [1.165, 1.54) is 64.3 Å². The minimum Gasteiger partial charge on any atom is -0.381 e. The quantitative estimate of drug-likeness (QED) is 0.864. The maximum absolute atomic E-state index is 6.31. The smallest absolute Gasteiger partial charge is 0.0589 e. The van der Waals surface area contributed by atoms with E-state index in [9.17, 15) is 0 Å². The molecule has 20 heavy (non-hydrogen) atoms. The van der Waals surface area contributed by atoms with Gasteiger partial charge in [0.1, 0.15) is 0 Å². The van der Waals surface area contributed by atoms with Crippen molar-refractivity contribution in [3.63, 3.8) is 0 Å². The van der Waals surface area contributed by atoms with Crippen molar-refractivity contribution in [1.29, 1.82) is 0 Å². The molecule has 3 heteroatoms. The van der Waals surface area contributed by atoms with Gasteiger partial charge in [-0.1, -0.05) is 12.8 Å². The molecular formula is C17H32N2O. The lowest BCUT2D eigenvalue weighted by atomic mass is 9.72. The molecule has 2 N–H and O–H groups in total. The van der Waals surface area contributed by atoms with Gasteiger partial charge in [-0.05, 0) is 63.8 Å². The summed E-state index contributed by atoms with van der Waals surface area (Å²) in [4.78, 5) is 2.85. The number of nitrogens with two attached hydrogens (primary N) is 1. The van der Waals surface area contributed by atoms with Crippen LogP contribution in [0.25, 0.3) is 0 Å². The third-order valence-electron chi connectivity index (χ3n) is 6.34. The standard InChI is InChI=1S/C17H32N2O/c1-20-15-8-4-10-17(12-15,13-18)19-11-5-7-14-6-2-3-9-16(14)19/h14-16H,2-13,18H2,1H3. The zero-order valence-electron chi connectivity index (χ0n) is 13.2. The summed E-state index contributed by atoms with van der Waals surface area (Å²) in [5.74, 6) is 0.948. The molecule has 0 amide bonds. The molecule has 0 aromatic rings. The van der Waals surface area contributed by atoms with Gasteiger partial charge in [-0.15, -0.1) is 0 Å². The minimum absolute atomic E-state index is 0.236. The number of methoxy groups -OCH3 is 1. The van der Waals surface area contributed by atoms with E-state index in [0.717, 1.165) is 24.9 Å². The number of nitrogens with zero attached hydrogens (tertiary/aromatic N) is 1. The number of rotatable bonds is 3. The van der Waals surface area contributed by atoms with Gasteiger partial charge in [-0.25, -0.2) is 0 Å². The fraction of sp³-hybridized carbons (Fsp3) is 1.00. The maximum Gasteiger partial charge on any atom is 0.0589 e. The van der Waals surface area contributed by atoms with Gasteiger partial charge in [-0.3, -0.25) is 4.90 Å². The minimum atomic E-state index is 0.236. The molecule has 1 aliphatic heterocycles. The van der Waals surface area contributed by atoms with E-state index in [2.05, 4.69) is 4.90 Å². The lowest BCUT2D eigenvalue weighted by molar-refractivity contribution is -0.0748. The van der Waals surface area contributed by atoms with Gasteiger partial charge in [-0.2, -0.15) is 0 Å². The molecule has 1 heterocycles. The Morgan fingerprint density at radius 2 is 1.90 bits per heavy atom. The Bertz CT molecular complexity index is 320. The van der Waals surface area contributed by atoms with Crippen LogP contribution in [-0.4, -0.2) is 42.8 Å². The Labute approximate surface area is 124 Å². The zero-order chi connectivity index (χ0) is 14.0. The average Bonchev–Trinajstić information content (AvgIpc) is 2.54. The summed E-state index contributed by atoms with van der Waals surface area (Å²) in [6.45, 7) is 2.09. The third-order valence-corrected chi connectivity index (χ3v) is 6.34. The molecule has 4 unspecified atom stereocenters. The van der Waals surface area contributed by atoms with Crippen molar-refractivity contribution < 1.29 is 4.74 Å². The maximum atomic E-state index is 6.31. The van der Waals surface area contributed by atoms with E-state index in [4.69, 9.17) is 10.5 Å². The molecule has 1 saturated heterocycles. The van der Waals surface area contributed by atoms with Crippen molar-refractivity contribution in [3.8, 4) is 0 Å². The monoisotopic (exact) mass is 280 g/mol. The predicted molar refractivity (Wildman–Crippen MR) is 82.7 cm³/mol. The van der Waals surface area contributed by atoms with E-state index in [0.29, 0.717) is 6.10 Å². The first kappa shape index (κ1) is 14.8. The Morgan fingerprint density at radius 1 is 1.10 bits per heavy atom. The third kappa shape index (κ3) is 2.65. The second-order valence-corrected chi connectivity index (χ2v) is 7.33. The van der Waals surface area contributed by atoms with Crippen molar-refractivity contribution in [2.45, 2.75) is 81.9 Å². The normalized spacial score (nSPS) is 43.2. The lowest BCUT2D eigenvalue weighted by Crippen LogP contribution is -2.64. The highest BCUT2D eigenvalue weighted by atomic mass is 16.5. The second kappa shape index (κ2) is 6.33. The van der Waals surface area contributed by atoms with E-state index < -0.39 is 0 Å². The van der Waals surface area contributed by atoms with Crippen molar-refractivity contribution in [2.75, 3.05) is 20.2 Å². The SMILES string of the molecule is COC1CCCC(CN)(N2CCCC3CCCCC32)C1. The zero-order valence-corrected chi connectivity index (χ0v) is 13.2. The summed E-state index contributed by atoms with van der Waals surface area (Å²) in [7, 11) is 1.87. The fourth-order valence-corrected chi connectivity index (χ4v) is 5.27. The molecule has 3 rings (SSSR count). The Kier molecular flexibility index (Phi) is 4.68. The highest BCUT2D eigenvalue weighted by molar-refractivity contribution is 5.02. The largest absolute Gasteiger partial charge is 0.381 e. The Hall–Kier alpha value is -0.120. The Balaban J connectivity index is 1.79. The predicted octanol–water partition coefficient (Wildman–Crippen LogP) is 2.93. The van der Waals surface area contributed by atoms with E-state index in [1.54, 1.807) is 0 Å². The number of ether oxygens (including phenoxy) is 1. The molecular weight excluding hydrogens is 248 g/mol.